The molecule has 1 aromatic carbocycles. The lowest BCUT2D eigenvalue weighted by Crippen LogP contribution is -2.39. The Morgan fingerprint density at radius 1 is 1.30 bits per heavy atom. The van der Waals surface area contributed by atoms with E-state index in [1.165, 1.54) is 12.1 Å². The number of hydrogen-bond acceptors (Lipinski definition) is 3. The summed E-state index contributed by atoms with van der Waals surface area (Å²) in [6, 6.07) is 4.74. The Labute approximate surface area is 132 Å². The highest BCUT2D eigenvalue weighted by molar-refractivity contribution is 5.76. The quantitative estimate of drug-likeness (QED) is 0.750. The van der Waals surface area contributed by atoms with E-state index in [1.54, 1.807) is 36.3 Å². The van der Waals surface area contributed by atoms with Crippen molar-refractivity contribution in [3.8, 4) is 0 Å². The van der Waals surface area contributed by atoms with Gasteiger partial charge in [0.1, 0.15) is 5.82 Å². The van der Waals surface area contributed by atoms with E-state index >= 15 is 0 Å². The Hall–Kier alpha value is -2.90. The molecule has 1 unspecified atom stereocenters. The molecule has 0 fully saturated rings. The fourth-order valence-electron chi connectivity index (χ4n) is 2.07. The van der Waals surface area contributed by atoms with Gasteiger partial charge < -0.3 is 15.7 Å². The van der Waals surface area contributed by atoms with Crippen LogP contribution < -0.4 is 10.6 Å². The maximum absolute atomic E-state index is 13.1. The number of halogens is 1. The Kier molecular flexibility index (Phi) is 5.29. The van der Waals surface area contributed by atoms with Gasteiger partial charge in [0.15, 0.2) is 0 Å². The molecule has 3 N–H and O–H groups in total. The van der Waals surface area contributed by atoms with E-state index in [2.05, 4.69) is 15.7 Å². The SMILES string of the molecule is Cn1cc(C(NC(=O)NCCC(=O)O)c2ccc(F)cc2)cn1. The number of hydrogen-bond donors (Lipinski definition) is 3. The molecule has 0 spiro atoms. The van der Waals surface area contributed by atoms with Gasteiger partial charge in [0.2, 0.25) is 0 Å². The normalized spacial score (nSPS) is 11.7. The fraction of sp³-hybridized carbons (Fsp3) is 0.267. The molecular weight excluding hydrogens is 303 g/mol. The van der Waals surface area contributed by atoms with Gasteiger partial charge in [-0.1, -0.05) is 12.1 Å². The Morgan fingerprint density at radius 3 is 2.57 bits per heavy atom. The maximum atomic E-state index is 13.1. The van der Waals surface area contributed by atoms with Gasteiger partial charge in [0, 0.05) is 25.4 Å². The maximum Gasteiger partial charge on any atom is 0.315 e. The number of aryl methyl sites for hydroxylation is 1. The molecule has 8 heteroatoms. The zero-order chi connectivity index (χ0) is 16.8. The number of carboxylic acid groups (broad SMARTS) is 1. The molecule has 7 nitrogen and oxygen atoms in total. The molecule has 23 heavy (non-hydrogen) atoms. The van der Waals surface area contributed by atoms with E-state index in [0.29, 0.717) is 5.56 Å². The number of nitrogens with zero attached hydrogens (tertiary/aromatic N) is 2. The summed E-state index contributed by atoms with van der Waals surface area (Å²) in [5.74, 6) is -1.36. The summed E-state index contributed by atoms with van der Waals surface area (Å²) in [6.45, 7) is 0.0182. The van der Waals surface area contributed by atoms with E-state index in [9.17, 15) is 14.0 Å². The van der Waals surface area contributed by atoms with Crippen LogP contribution in [0.3, 0.4) is 0 Å². The van der Waals surface area contributed by atoms with Crippen LogP contribution in [0.2, 0.25) is 0 Å². The summed E-state index contributed by atoms with van der Waals surface area (Å²) in [5, 5.41) is 17.8. The number of benzene rings is 1. The highest BCUT2D eigenvalue weighted by Crippen LogP contribution is 2.21. The standard InChI is InChI=1S/C15H17FN4O3/c1-20-9-11(8-18-20)14(10-2-4-12(16)5-3-10)19-15(23)17-7-6-13(21)22/h2-5,8-9,14H,6-7H2,1H3,(H,21,22)(H2,17,19,23). The van der Waals surface area contributed by atoms with Crippen LogP contribution in [0.15, 0.2) is 36.7 Å². The molecule has 0 bridgehead atoms. The number of aromatic nitrogens is 2. The van der Waals surface area contributed by atoms with Gasteiger partial charge in [-0.25, -0.2) is 9.18 Å². The van der Waals surface area contributed by atoms with Gasteiger partial charge in [0.05, 0.1) is 18.7 Å². The van der Waals surface area contributed by atoms with Gasteiger partial charge in [-0.05, 0) is 17.7 Å². The van der Waals surface area contributed by atoms with Gasteiger partial charge in [-0.2, -0.15) is 5.10 Å². The predicted molar refractivity (Wildman–Crippen MR) is 80.2 cm³/mol. The van der Waals surface area contributed by atoms with E-state index in [1.807, 2.05) is 0 Å². The van der Waals surface area contributed by atoms with Gasteiger partial charge in [0.25, 0.3) is 0 Å². The van der Waals surface area contributed by atoms with Crippen molar-refractivity contribution in [3.05, 3.63) is 53.6 Å². The van der Waals surface area contributed by atoms with E-state index < -0.39 is 18.0 Å². The molecule has 1 atom stereocenters. The molecule has 0 aliphatic heterocycles. The minimum Gasteiger partial charge on any atom is -0.481 e. The van der Waals surface area contributed by atoms with Gasteiger partial charge in [-0.15, -0.1) is 0 Å². The molecule has 122 valence electrons. The summed E-state index contributed by atoms with van der Waals surface area (Å²) < 4.78 is 14.7. The lowest BCUT2D eigenvalue weighted by molar-refractivity contribution is -0.136. The molecule has 0 aliphatic carbocycles. The smallest absolute Gasteiger partial charge is 0.315 e. The molecular formula is C15H17FN4O3. The monoisotopic (exact) mass is 320 g/mol. The number of aliphatic carboxylic acids is 1. The van der Waals surface area contributed by atoms with Crippen LogP contribution in [0, 0.1) is 5.82 Å². The lowest BCUT2D eigenvalue weighted by atomic mass is 10.0. The third kappa shape index (κ3) is 4.80. The lowest BCUT2D eigenvalue weighted by Gasteiger charge is -2.18. The first-order valence-corrected chi connectivity index (χ1v) is 6.96. The minimum absolute atomic E-state index is 0.0182. The van der Waals surface area contributed by atoms with Crippen molar-refractivity contribution in [3.63, 3.8) is 0 Å². The highest BCUT2D eigenvalue weighted by Gasteiger charge is 2.18. The largest absolute Gasteiger partial charge is 0.481 e. The van der Waals surface area contributed by atoms with Crippen molar-refractivity contribution in [2.75, 3.05) is 6.54 Å². The molecule has 2 rings (SSSR count). The number of carbonyl (C=O) groups is 2. The van der Waals surface area contributed by atoms with Gasteiger partial charge >= 0.3 is 12.0 Å². The molecule has 1 heterocycles. The third-order valence-corrected chi connectivity index (χ3v) is 3.16. The number of rotatable bonds is 6. The number of urea groups is 1. The van der Waals surface area contributed by atoms with Crippen molar-refractivity contribution in [2.24, 2.45) is 7.05 Å². The summed E-state index contributed by atoms with van der Waals surface area (Å²) in [6.07, 6.45) is 3.18. The van der Waals surface area contributed by atoms with Crippen LogP contribution in [-0.4, -0.2) is 33.4 Å². The van der Waals surface area contributed by atoms with E-state index in [-0.39, 0.29) is 18.8 Å². The Morgan fingerprint density at radius 2 is 2.00 bits per heavy atom. The topological polar surface area (TPSA) is 96.2 Å². The van der Waals surface area contributed by atoms with Crippen molar-refractivity contribution in [1.82, 2.24) is 20.4 Å². The second kappa shape index (κ2) is 7.39. The summed E-state index contributed by atoms with van der Waals surface area (Å²) >= 11 is 0. The number of carbonyl (C=O) groups excluding carboxylic acids is 1. The second-order valence-corrected chi connectivity index (χ2v) is 4.98. The summed E-state index contributed by atoms with van der Waals surface area (Å²) in [5.41, 5.74) is 1.42. The van der Waals surface area contributed by atoms with Crippen LogP contribution in [0.1, 0.15) is 23.6 Å². The van der Waals surface area contributed by atoms with Gasteiger partial charge in [-0.3, -0.25) is 9.48 Å². The van der Waals surface area contributed by atoms with Crippen molar-refractivity contribution < 1.29 is 19.1 Å². The average molecular weight is 320 g/mol. The van der Waals surface area contributed by atoms with E-state index in [0.717, 1.165) is 5.56 Å². The number of nitrogens with one attached hydrogen (secondary N) is 2. The average Bonchev–Trinajstić information content (AvgIpc) is 2.92. The second-order valence-electron chi connectivity index (χ2n) is 4.98. The molecule has 2 amide bonds. The van der Waals surface area contributed by atoms with Crippen LogP contribution in [0.25, 0.3) is 0 Å². The first kappa shape index (κ1) is 16.5. The van der Waals surface area contributed by atoms with Crippen molar-refractivity contribution in [2.45, 2.75) is 12.5 Å². The zero-order valence-electron chi connectivity index (χ0n) is 12.5. The molecule has 1 aromatic heterocycles. The van der Waals surface area contributed by atoms with Crippen molar-refractivity contribution >= 4 is 12.0 Å². The third-order valence-electron chi connectivity index (χ3n) is 3.16. The Balaban J connectivity index is 2.12. The van der Waals surface area contributed by atoms with Crippen LogP contribution in [0.4, 0.5) is 9.18 Å². The molecule has 0 saturated carbocycles. The summed E-state index contributed by atoms with van der Waals surface area (Å²) in [7, 11) is 1.75. The van der Waals surface area contributed by atoms with Crippen molar-refractivity contribution in [1.29, 1.82) is 0 Å². The Bertz CT molecular complexity index is 684. The molecule has 0 saturated heterocycles. The molecule has 2 aromatic rings. The van der Waals surface area contributed by atoms with Crippen LogP contribution >= 0.6 is 0 Å². The minimum atomic E-state index is -0.993. The zero-order valence-corrected chi connectivity index (χ0v) is 12.5. The molecule has 0 aliphatic rings. The predicted octanol–water partition coefficient (Wildman–Crippen LogP) is 1.42. The molecule has 0 radical (unpaired) electrons. The first-order valence-electron chi connectivity index (χ1n) is 6.96. The van der Waals surface area contributed by atoms with Crippen LogP contribution in [-0.2, 0) is 11.8 Å². The number of amides is 2. The summed E-state index contributed by atoms with van der Waals surface area (Å²) in [4.78, 5) is 22.4. The number of carboxylic acids is 1. The first-order chi connectivity index (χ1) is 11.0. The van der Waals surface area contributed by atoms with E-state index in [4.69, 9.17) is 5.11 Å². The van der Waals surface area contributed by atoms with Crippen LogP contribution in [0.5, 0.6) is 0 Å². The fourth-order valence-corrected chi connectivity index (χ4v) is 2.07. The highest BCUT2D eigenvalue weighted by atomic mass is 19.1.